The number of carbonyl (C=O) groups excluding carboxylic acids is 2. The number of hydrogen-bond donors (Lipinski definition) is 0. The zero-order valence-electron chi connectivity index (χ0n) is 10.5. The van der Waals surface area contributed by atoms with E-state index >= 15 is 0 Å². The summed E-state index contributed by atoms with van der Waals surface area (Å²) in [6, 6.07) is 0. The van der Waals surface area contributed by atoms with Crippen molar-refractivity contribution in [3.63, 3.8) is 0 Å². The lowest BCUT2D eigenvalue weighted by Crippen LogP contribution is -2.36. The fourth-order valence-electron chi connectivity index (χ4n) is 1.41. The average Bonchev–Trinajstić information content (AvgIpc) is 2.74. The highest BCUT2D eigenvalue weighted by Gasteiger charge is 2.21. The van der Waals surface area contributed by atoms with E-state index in [2.05, 4.69) is 11.7 Å². The van der Waals surface area contributed by atoms with Crippen LogP contribution in [0.3, 0.4) is 0 Å². The molecule has 1 aromatic heterocycles. The highest BCUT2D eigenvalue weighted by Crippen LogP contribution is 2.10. The maximum absolute atomic E-state index is 12.1. The minimum Gasteiger partial charge on any atom is -0.465 e. The van der Waals surface area contributed by atoms with Crippen LogP contribution in [0, 0.1) is 6.92 Å². The molecule has 0 saturated carbocycles. The van der Waals surface area contributed by atoms with Crippen molar-refractivity contribution in [1.29, 1.82) is 0 Å². The molecule has 0 bridgehead atoms. The second-order valence-corrected chi connectivity index (χ2v) is 3.58. The first-order valence-electron chi connectivity index (χ1n) is 5.57. The predicted molar refractivity (Wildman–Crippen MR) is 64.0 cm³/mol. The van der Waals surface area contributed by atoms with Crippen molar-refractivity contribution in [2.24, 2.45) is 0 Å². The van der Waals surface area contributed by atoms with E-state index in [1.54, 1.807) is 19.9 Å². The summed E-state index contributed by atoms with van der Waals surface area (Å²) in [6.45, 7) is 7.31. The summed E-state index contributed by atoms with van der Waals surface area (Å²) in [6.07, 6.45) is 2.87. The van der Waals surface area contributed by atoms with Gasteiger partial charge in [-0.2, -0.15) is 0 Å². The smallest absolute Gasteiger partial charge is 0.325 e. The Morgan fingerprint density at radius 1 is 1.61 bits per heavy atom. The Labute approximate surface area is 105 Å². The molecule has 0 spiro atoms. The first-order chi connectivity index (χ1) is 8.60. The van der Waals surface area contributed by atoms with Gasteiger partial charge >= 0.3 is 5.97 Å². The van der Waals surface area contributed by atoms with Crippen molar-refractivity contribution in [1.82, 2.24) is 10.1 Å². The van der Waals surface area contributed by atoms with Crippen molar-refractivity contribution in [3.05, 3.63) is 30.2 Å². The van der Waals surface area contributed by atoms with E-state index in [0.29, 0.717) is 11.3 Å². The molecule has 0 aliphatic heterocycles. The Bertz CT molecular complexity index is 439. The van der Waals surface area contributed by atoms with E-state index in [-0.39, 0.29) is 25.6 Å². The number of ether oxygens (including phenoxy) is 1. The minimum absolute atomic E-state index is 0.122. The van der Waals surface area contributed by atoms with Crippen LogP contribution in [0.5, 0.6) is 0 Å². The van der Waals surface area contributed by atoms with Gasteiger partial charge in [0.2, 0.25) is 0 Å². The van der Waals surface area contributed by atoms with Gasteiger partial charge in [0.15, 0.2) is 0 Å². The molecule has 0 fully saturated rings. The average molecular weight is 252 g/mol. The molecule has 1 amide bonds. The molecule has 6 heteroatoms. The number of hydrogen-bond acceptors (Lipinski definition) is 5. The molecule has 0 aliphatic carbocycles. The van der Waals surface area contributed by atoms with Crippen molar-refractivity contribution in [2.75, 3.05) is 19.7 Å². The van der Waals surface area contributed by atoms with Gasteiger partial charge in [-0.25, -0.2) is 0 Å². The maximum atomic E-state index is 12.1. The van der Waals surface area contributed by atoms with E-state index in [1.807, 2.05) is 0 Å². The van der Waals surface area contributed by atoms with E-state index in [9.17, 15) is 9.59 Å². The largest absolute Gasteiger partial charge is 0.465 e. The lowest BCUT2D eigenvalue weighted by molar-refractivity contribution is -0.143. The fraction of sp³-hybridized carbons (Fsp3) is 0.417. The second-order valence-electron chi connectivity index (χ2n) is 3.58. The SMILES string of the molecule is C=CCN(CC(=O)OCC)C(=O)c1cnoc1C. The summed E-state index contributed by atoms with van der Waals surface area (Å²) in [7, 11) is 0. The summed E-state index contributed by atoms with van der Waals surface area (Å²) >= 11 is 0. The van der Waals surface area contributed by atoms with Gasteiger partial charge in [-0.05, 0) is 13.8 Å². The van der Waals surface area contributed by atoms with Crippen LogP contribution >= 0.6 is 0 Å². The molecule has 0 radical (unpaired) electrons. The van der Waals surface area contributed by atoms with Crippen LogP contribution in [0.4, 0.5) is 0 Å². The molecule has 0 atom stereocenters. The third-order valence-corrected chi connectivity index (χ3v) is 2.24. The van der Waals surface area contributed by atoms with Crippen LogP contribution in [-0.4, -0.2) is 41.6 Å². The summed E-state index contributed by atoms with van der Waals surface area (Å²) in [4.78, 5) is 24.8. The standard InChI is InChI=1S/C12H16N2O4/c1-4-6-14(8-11(15)17-5-2)12(16)10-7-13-18-9(10)3/h4,7H,1,5-6,8H2,2-3H3. The molecule has 0 aromatic carbocycles. The minimum atomic E-state index is -0.457. The zero-order valence-corrected chi connectivity index (χ0v) is 10.5. The molecular weight excluding hydrogens is 236 g/mol. The van der Waals surface area contributed by atoms with Crippen LogP contribution in [0.15, 0.2) is 23.4 Å². The number of aryl methyl sites for hydroxylation is 1. The Morgan fingerprint density at radius 2 is 2.33 bits per heavy atom. The maximum Gasteiger partial charge on any atom is 0.325 e. The van der Waals surface area contributed by atoms with Gasteiger partial charge in [-0.15, -0.1) is 6.58 Å². The third-order valence-electron chi connectivity index (χ3n) is 2.24. The predicted octanol–water partition coefficient (Wildman–Crippen LogP) is 1.17. The van der Waals surface area contributed by atoms with Gasteiger partial charge in [0.25, 0.3) is 5.91 Å². The fourth-order valence-corrected chi connectivity index (χ4v) is 1.41. The first kappa shape index (κ1) is 14.0. The number of esters is 1. The number of amides is 1. The van der Waals surface area contributed by atoms with E-state index in [4.69, 9.17) is 9.26 Å². The molecule has 18 heavy (non-hydrogen) atoms. The number of carbonyl (C=O) groups is 2. The van der Waals surface area contributed by atoms with Gasteiger partial charge in [0, 0.05) is 6.54 Å². The summed E-state index contributed by atoms with van der Waals surface area (Å²) < 4.78 is 9.64. The molecule has 1 aromatic rings. The van der Waals surface area contributed by atoms with Gasteiger partial charge in [0.05, 0.1) is 12.8 Å². The topological polar surface area (TPSA) is 72.6 Å². The normalized spacial score (nSPS) is 9.89. The lowest BCUT2D eigenvalue weighted by atomic mass is 10.2. The van der Waals surface area contributed by atoms with Crippen LogP contribution in [-0.2, 0) is 9.53 Å². The van der Waals surface area contributed by atoms with Crippen LogP contribution < -0.4 is 0 Å². The molecule has 6 nitrogen and oxygen atoms in total. The summed E-state index contributed by atoms with van der Waals surface area (Å²) in [5.74, 6) is -0.374. The molecule has 0 N–H and O–H groups in total. The van der Waals surface area contributed by atoms with E-state index < -0.39 is 5.97 Å². The van der Waals surface area contributed by atoms with E-state index in [1.165, 1.54) is 11.1 Å². The molecule has 98 valence electrons. The Hall–Kier alpha value is -2.11. The van der Waals surface area contributed by atoms with Gasteiger partial charge in [0.1, 0.15) is 17.9 Å². The molecule has 0 aliphatic rings. The third kappa shape index (κ3) is 3.44. The first-order valence-corrected chi connectivity index (χ1v) is 5.57. The molecule has 0 saturated heterocycles. The van der Waals surface area contributed by atoms with Gasteiger partial charge in [-0.3, -0.25) is 9.59 Å². The highest BCUT2D eigenvalue weighted by atomic mass is 16.5. The molecule has 1 rings (SSSR count). The quantitative estimate of drug-likeness (QED) is 0.561. The van der Waals surface area contributed by atoms with E-state index in [0.717, 1.165) is 0 Å². The van der Waals surface area contributed by atoms with Crippen LogP contribution in [0.1, 0.15) is 23.0 Å². The van der Waals surface area contributed by atoms with Gasteiger partial charge < -0.3 is 14.2 Å². The number of rotatable bonds is 6. The van der Waals surface area contributed by atoms with Crippen LogP contribution in [0.25, 0.3) is 0 Å². The van der Waals surface area contributed by atoms with Crippen molar-refractivity contribution in [2.45, 2.75) is 13.8 Å². The number of nitrogens with zero attached hydrogens (tertiary/aromatic N) is 2. The summed E-state index contributed by atoms with van der Waals surface area (Å²) in [5, 5.41) is 3.54. The Morgan fingerprint density at radius 3 is 2.83 bits per heavy atom. The molecular formula is C12H16N2O4. The van der Waals surface area contributed by atoms with Crippen LogP contribution in [0.2, 0.25) is 0 Å². The lowest BCUT2D eigenvalue weighted by Gasteiger charge is -2.19. The summed E-state index contributed by atoms with van der Waals surface area (Å²) in [5.41, 5.74) is 0.334. The van der Waals surface area contributed by atoms with Crippen molar-refractivity contribution in [3.8, 4) is 0 Å². The molecule has 1 heterocycles. The molecule has 0 unspecified atom stereocenters. The Balaban J connectivity index is 2.78. The van der Waals surface area contributed by atoms with Crippen molar-refractivity contribution < 1.29 is 18.8 Å². The highest BCUT2D eigenvalue weighted by molar-refractivity contribution is 5.96. The Kier molecular flexibility index (Phi) is 5.10. The number of aromatic nitrogens is 1. The van der Waals surface area contributed by atoms with Crippen molar-refractivity contribution >= 4 is 11.9 Å². The monoisotopic (exact) mass is 252 g/mol. The zero-order chi connectivity index (χ0) is 13.5. The van der Waals surface area contributed by atoms with Gasteiger partial charge in [-0.1, -0.05) is 11.2 Å². The second kappa shape index (κ2) is 6.58.